The fourth-order valence-corrected chi connectivity index (χ4v) is 3.38. The van der Waals surface area contributed by atoms with Crippen LogP contribution in [0.15, 0.2) is 22.7 Å². The zero-order valence-corrected chi connectivity index (χ0v) is 13.1. The van der Waals surface area contributed by atoms with Crippen LogP contribution in [0.2, 0.25) is 0 Å². The van der Waals surface area contributed by atoms with E-state index in [0.29, 0.717) is 0 Å². The topological polar surface area (TPSA) is 29.1 Å². The van der Waals surface area contributed by atoms with Crippen LogP contribution in [0.25, 0.3) is 0 Å². The van der Waals surface area contributed by atoms with E-state index in [2.05, 4.69) is 21.2 Å². The van der Waals surface area contributed by atoms with Gasteiger partial charge < -0.3 is 5.32 Å². The third kappa shape index (κ3) is 4.64. The number of benzene rings is 1. The lowest BCUT2D eigenvalue weighted by Gasteiger charge is -2.19. The van der Waals surface area contributed by atoms with Crippen LogP contribution in [0.4, 0.5) is 5.69 Å². The Morgan fingerprint density at radius 2 is 1.74 bits per heavy atom. The number of carbonyl (C=O) groups is 1. The highest BCUT2D eigenvalue weighted by Gasteiger charge is 2.19. The molecule has 0 radical (unpaired) electrons. The van der Waals surface area contributed by atoms with E-state index < -0.39 is 0 Å². The van der Waals surface area contributed by atoms with E-state index >= 15 is 0 Å². The summed E-state index contributed by atoms with van der Waals surface area (Å²) in [4.78, 5) is 12.3. The summed E-state index contributed by atoms with van der Waals surface area (Å²) in [6.45, 7) is 2.04. The van der Waals surface area contributed by atoms with Crippen molar-refractivity contribution in [2.45, 2.75) is 51.9 Å². The van der Waals surface area contributed by atoms with Crippen LogP contribution in [0.3, 0.4) is 0 Å². The Labute approximate surface area is 124 Å². The molecule has 0 heterocycles. The minimum atomic E-state index is 0.194. The van der Waals surface area contributed by atoms with Gasteiger partial charge in [0, 0.05) is 16.1 Å². The van der Waals surface area contributed by atoms with Gasteiger partial charge in [-0.1, -0.05) is 48.0 Å². The van der Waals surface area contributed by atoms with Crippen molar-refractivity contribution in [1.82, 2.24) is 0 Å². The van der Waals surface area contributed by atoms with E-state index in [-0.39, 0.29) is 11.8 Å². The van der Waals surface area contributed by atoms with Gasteiger partial charge in [-0.25, -0.2) is 0 Å². The first-order valence-corrected chi connectivity index (χ1v) is 8.02. The van der Waals surface area contributed by atoms with Gasteiger partial charge in [0.2, 0.25) is 5.91 Å². The molecule has 0 spiro atoms. The maximum Gasteiger partial charge on any atom is 0.227 e. The number of nitrogens with one attached hydrogen (secondary N) is 1. The Morgan fingerprint density at radius 3 is 2.37 bits per heavy atom. The molecule has 3 heteroatoms. The van der Waals surface area contributed by atoms with Crippen LogP contribution in [0.1, 0.15) is 50.5 Å². The van der Waals surface area contributed by atoms with Gasteiger partial charge >= 0.3 is 0 Å². The van der Waals surface area contributed by atoms with Crippen LogP contribution in [0, 0.1) is 12.8 Å². The molecule has 0 bridgehead atoms. The average molecular weight is 324 g/mol. The minimum absolute atomic E-state index is 0.194. The molecule has 0 aliphatic heterocycles. The Hall–Kier alpha value is -0.830. The highest BCUT2D eigenvalue weighted by molar-refractivity contribution is 9.10. The highest BCUT2D eigenvalue weighted by Crippen LogP contribution is 2.25. The Balaban J connectivity index is 1.98. The quantitative estimate of drug-likeness (QED) is 0.810. The van der Waals surface area contributed by atoms with Crippen molar-refractivity contribution in [1.29, 1.82) is 0 Å². The van der Waals surface area contributed by atoms with E-state index in [1.54, 1.807) is 0 Å². The minimum Gasteiger partial charge on any atom is -0.326 e. The normalized spacial score (nSPS) is 17.6. The maximum absolute atomic E-state index is 12.3. The maximum atomic E-state index is 12.3. The largest absolute Gasteiger partial charge is 0.326 e. The second kappa shape index (κ2) is 7.09. The molecule has 1 aliphatic carbocycles. The van der Waals surface area contributed by atoms with Crippen molar-refractivity contribution in [3.05, 3.63) is 28.2 Å². The molecule has 1 saturated carbocycles. The first-order chi connectivity index (χ1) is 9.15. The molecule has 1 amide bonds. The van der Waals surface area contributed by atoms with E-state index in [1.807, 2.05) is 25.1 Å². The molecule has 0 atom stereocenters. The van der Waals surface area contributed by atoms with E-state index in [1.165, 1.54) is 32.1 Å². The fraction of sp³-hybridized carbons (Fsp3) is 0.562. The van der Waals surface area contributed by atoms with Gasteiger partial charge in [0.15, 0.2) is 0 Å². The van der Waals surface area contributed by atoms with E-state index in [0.717, 1.165) is 28.6 Å². The first-order valence-electron chi connectivity index (χ1n) is 7.23. The van der Waals surface area contributed by atoms with Gasteiger partial charge in [0.1, 0.15) is 0 Å². The van der Waals surface area contributed by atoms with Crippen LogP contribution in [0.5, 0.6) is 0 Å². The molecular weight excluding hydrogens is 302 g/mol. The van der Waals surface area contributed by atoms with Crippen molar-refractivity contribution < 1.29 is 4.79 Å². The van der Waals surface area contributed by atoms with Crippen molar-refractivity contribution in [3.8, 4) is 0 Å². The number of anilines is 1. The molecule has 2 rings (SSSR count). The van der Waals surface area contributed by atoms with Crippen molar-refractivity contribution in [2.75, 3.05) is 5.32 Å². The van der Waals surface area contributed by atoms with Crippen LogP contribution < -0.4 is 5.32 Å². The average Bonchev–Trinajstić information content (AvgIpc) is 2.26. The standard InChI is InChI=1S/C16H22BrNO/c1-12-9-14(17)11-15(10-12)18-16(19)13-7-5-3-2-4-6-8-13/h9-11,13H,2-8H2,1H3,(H,18,19). The number of aryl methyl sites for hydroxylation is 1. The molecule has 19 heavy (non-hydrogen) atoms. The predicted octanol–water partition coefficient (Wildman–Crippen LogP) is 5.06. The summed E-state index contributed by atoms with van der Waals surface area (Å²) in [7, 11) is 0. The molecule has 2 nitrogen and oxygen atoms in total. The van der Waals surface area contributed by atoms with Crippen molar-refractivity contribution in [3.63, 3.8) is 0 Å². The number of halogens is 1. The predicted molar refractivity (Wildman–Crippen MR) is 83.3 cm³/mol. The van der Waals surface area contributed by atoms with Gasteiger partial charge in [0.05, 0.1) is 0 Å². The van der Waals surface area contributed by atoms with Gasteiger partial charge in [-0.05, 0) is 43.5 Å². The summed E-state index contributed by atoms with van der Waals surface area (Å²) >= 11 is 3.47. The van der Waals surface area contributed by atoms with Gasteiger partial charge in [-0.3, -0.25) is 4.79 Å². The third-order valence-electron chi connectivity index (χ3n) is 3.79. The first kappa shape index (κ1) is 14.6. The Kier molecular flexibility index (Phi) is 5.44. The molecule has 1 aromatic carbocycles. The van der Waals surface area contributed by atoms with Crippen LogP contribution in [-0.4, -0.2) is 5.91 Å². The number of hydrogen-bond acceptors (Lipinski definition) is 1. The zero-order valence-electron chi connectivity index (χ0n) is 11.5. The SMILES string of the molecule is Cc1cc(Br)cc(NC(=O)C2CCCCCCC2)c1. The lowest BCUT2D eigenvalue weighted by atomic mass is 9.90. The highest BCUT2D eigenvalue weighted by atomic mass is 79.9. The second-order valence-electron chi connectivity index (χ2n) is 5.55. The molecular formula is C16H22BrNO. The summed E-state index contributed by atoms with van der Waals surface area (Å²) in [5, 5.41) is 3.07. The summed E-state index contributed by atoms with van der Waals surface area (Å²) in [6, 6.07) is 6.03. The van der Waals surface area contributed by atoms with E-state index in [9.17, 15) is 4.79 Å². The number of amides is 1. The molecule has 1 aromatic rings. The van der Waals surface area contributed by atoms with Crippen LogP contribution in [-0.2, 0) is 4.79 Å². The number of carbonyl (C=O) groups excluding carboxylic acids is 1. The Bertz CT molecular complexity index is 416. The number of hydrogen-bond donors (Lipinski definition) is 1. The summed E-state index contributed by atoms with van der Waals surface area (Å²) in [5.41, 5.74) is 2.06. The third-order valence-corrected chi connectivity index (χ3v) is 4.24. The molecule has 104 valence electrons. The summed E-state index contributed by atoms with van der Waals surface area (Å²) in [6.07, 6.45) is 8.35. The monoisotopic (exact) mass is 323 g/mol. The zero-order chi connectivity index (χ0) is 13.7. The lowest BCUT2D eigenvalue weighted by Crippen LogP contribution is -2.23. The summed E-state index contributed by atoms with van der Waals surface area (Å²) < 4.78 is 1.01. The Morgan fingerprint density at radius 1 is 1.11 bits per heavy atom. The van der Waals surface area contributed by atoms with E-state index in [4.69, 9.17) is 0 Å². The smallest absolute Gasteiger partial charge is 0.227 e. The molecule has 0 saturated heterocycles. The molecule has 1 fully saturated rings. The molecule has 0 aromatic heterocycles. The van der Waals surface area contributed by atoms with Gasteiger partial charge in [0.25, 0.3) is 0 Å². The molecule has 1 N–H and O–H groups in total. The summed E-state index contributed by atoms with van der Waals surface area (Å²) in [5.74, 6) is 0.388. The van der Waals surface area contributed by atoms with Gasteiger partial charge in [-0.15, -0.1) is 0 Å². The van der Waals surface area contributed by atoms with Crippen LogP contribution >= 0.6 is 15.9 Å². The molecule has 1 aliphatic rings. The number of rotatable bonds is 2. The lowest BCUT2D eigenvalue weighted by molar-refractivity contribution is -0.120. The fourth-order valence-electron chi connectivity index (χ4n) is 2.77. The second-order valence-corrected chi connectivity index (χ2v) is 6.46. The molecule has 0 unspecified atom stereocenters. The van der Waals surface area contributed by atoms with Crippen molar-refractivity contribution in [2.24, 2.45) is 5.92 Å². The van der Waals surface area contributed by atoms with Crippen molar-refractivity contribution >= 4 is 27.5 Å². The van der Waals surface area contributed by atoms with Gasteiger partial charge in [-0.2, -0.15) is 0 Å².